The molecule has 4 rings (SSSR count). The number of benzene rings is 2. The molecule has 0 saturated carbocycles. The molecule has 2 aromatic carbocycles. The largest absolute Gasteiger partial charge is 0.489 e. The van der Waals surface area contributed by atoms with Crippen molar-refractivity contribution in [3.8, 4) is 5.75 Å². The molecule has 6 heteroatoms. The molecule has 2 amide bonds. The maximum absolute atomic E-state index is 12.7. The monoisotopic (exact) mass is 394 g/mol. The summed E-state index contributed by atoms with van der Waals surface area (Å²) in [5.74, 6) is 0.825. The summed E-state index contributed by atoms with van der Waals surface area (Å²) in [6, 6.07) is 13.1. The lowest BCUT2D eigenvalue weighted by Crippen LogP contribution is -2.40. The minimum atomic E-state index is -0.156. The highest BCUT2D eigenvalue weighted by Gasteiger charge is 2.31. The van der Waals surface area contributed by atoms with Gasteiger partial charge in [-0.2, -0.15) is 0 Å². The molecule has 1 fully saturated rings. The molecule has 0 bridgehead atoms. The molecule has 2 aliphatic rings. The second kappa shape index (κ2) is 8.25. The summed E-state index contributed by atoms with van der Waals surface area (Å²) in [5, 5.41) is 2.96. The molecule has 6 nitrogen and oxygen atoms in total. The highest BCUT2D eigenvalue weighted by molar-refractivity contribution is 5.97. The van der Waals surface area contributed by atoms with E-state index in [0.29, 0.717) is 49.7 Å². The summed E-state index contributed by atoms with van der Waals surface area (Å²) in [6.07, 6.45) is 0.0653. The summed E-state index contributed by atoms with van der Waals surface area (Å²) < 4.78 is 11.2. The molecule has 0 spiro atoms. The number of carbonyl (C=O) groups excluding carboxylic acids is 2. The van der Waals surface area contributed by atoms with Crippen molar-refractivity contribution in [3.63, 3.8) is 0 Å². The van der Waals surface area contributed by atoms with Gasteiger partial charge in [-0.3, -0.25) is 9.59 Å². The molecule has 0 aliphatic carbocycles. The highest BCUT2D eigenvalue weighted by atomic mass is 16.5. The van der Waals surface area contributed by atoms with Crippen LogP contribution in [-0.2, 0) is 11.3 Å². The molecule has 0 radical (unpaired) electrons. The van der Waals surface area contributed by atoms with Crippen molar-refractivity contribution in [2.45, 2.75) is 32.4 Å². The molecule has 0 unspecified atom stereocenters. The standard InChI is InChI=1S/C23H26N2O4/c1-15-16(2)29-21-19(15)4-3-5-20(21)22(26)24-14-17-6-8-18(9-7-17)23(27)25-10-12-28-13-11-25/h3-9,15-16H,10-14H2,1-2H3,(H,24,26)/t15-,16+/m1/s1. The van der Waals surface area contributed by atoms with Crippen molar-refractivity contribution in [2.24, 2.45) is 0 Å². The zero-order chi connectivity index (χ0) is 20.4. The van der Waals surface area contributed by atoms with E-state index in [9.17, 15) is 9.59 Å². The van der Waals surface area contributed by atoms with Gasteiger partial charge in [0.25, 0.3) is 11.8 Å². The fourth-order valence-electron chi connectivity index (χ4n) is 3.76. The van der Waals surface area contributed by atoms with Crippen molar-refractivity contribution < 1.29 is 19.1 Å². The Bertz CT molecular complexity index is 904. The topological polar surface area (TPSA) is 67.9 Å². The van der Waals surface area contributed by atoms with Crippen LogP contribution in [0.15, 0.2) is 42.5 Å². The highest BCUT2D eigenvalue weighted by Crippen LogP contribution is 2.40. The maximum Gasteiger partial charge on any atom is 0.255 e. The fraction of sp³-hybridized carbons (Fsp3) is 0.391. The third-order valence-electron chi connectivity index (χ3n) is 5.74. The third kappa shape index (κ3) is 3.98. The molecule has 2 heterocycles. The number of hydrogen-bond donors (Lipinski definition) is 1. The lowest BCUT2D eigenvalue weighted by Gasteiger charge is -2.26. The lowest BCUT2D eigenvalue weighted by atomic mass is 9.97. The first kappa shape index (κ1) is 19.5. The Morgan fingerprint density at radius 1 is 1.07 bits per heavy atom. The van der Waals surface area contributed by atoms with Crippen molar-refractivity contribution in [1.82, 2.24) is 10.2 Å². The van der Waals surface area contributed by atoms with Gasteiger partial charge >= 0.3 is 0 Å². The quantitative estimate of drug-likeness (QED) is 0.866. The van der Waals surface area contributed by atoms with Crippen LogP contribution < -0.4 is 10.1 Å². The molecule has 29 heavy (non-hydrogen) atoms. The van der Waals surface area contributed by atoms with Crippen molar-refractivity contribution in [2.75, 3.05) is 26.3 Å². The van der Waals surface area contributed by atoms with Gasteiger partial charge in [-0.25, -0.2) is 0 Å². The van der Waals surface area contributed by atoms with Crippen LogP contribution in [0.2, 0.25) is 0 Å². The SMILES string of the molecule is C[C@@H]1Oc2c(C(=O)NCc3ccc(C(=O)N4CCOCC4)cc3)cccc2[C@@H]1C. The van der Waals surface area contributed by atoms with E-state index >= 15 is 0 Å². The van der Waals surface area contributed by atoms with Crippen LogP contribution in [0.5, 0.6) is 5.75 Å². The number of morpholine rings is 1. The average Bonchev–Trinajstić information content (AvgIpc) is 3.06. The number of amides is 2. The number of rotatable bonds is 4. The number of carbonyl (C=O) groups is 2. The van der Waals surface area contributed by atoms with Gasteiger partial charge in [-0.05, 0) is 30.7 Å². The van der Waals surface area contributed by atoms with Crippen LogP contribution >= 0.6 is 0 Å². The van der Waals surface area contributed by atoms with E-state index < -0.39 is 0 Å². The Morgan fingerprint density at radius 3 is 2.52 bits per heavy atom. The van der Waals surface area contributed by atoms with E-state index in [4.69, 9.17) is 9.47 Å². The van der Waals surface area contributed by atoms with Crippen LogP contribution in [0.3, 0.4) is 0 Å². The Kier molecular flexibility index (Phi) is 5.53. The van der Waals surface area contributed by atoms with E-state index in [1.165, 1.54) is 0 Å². The second-order valence-electron chi connectivity index (χ2n) is 7.62. The van der Waals surface area contributed by atoms with Gasteiger partial charge in [0.1, 0.15) is 11.9 Å². The van der Waals surface area contributed by atoms with Crippen LogP contribution in [-0.4, -0.2) is 49.1 Å². The second-order valence-corrected chi connectivity index (χ2v) is 7.62. The van der Waals surface area contributed by atoms with E-state index in [1.54, 1.807) is 11.0 Å². The summed E-state index contributed by atoms with van der Waals surface area (Å²) >= 11 is 0. The van der Waals surface area contributed by atoms with Gasteiger partial charge in [0, 0.05) is 36.7 Å². The van der Waals surface area contributed by atoms with Gasteiger partial charge < -0.3 is 19.7 Å². The normalized spacial score (nSPS) is 20.7. The van der Waals surface area contributed by atoms with Gasteiger partial charge in [0.2, 0.25) is 0 Å². The smallest absolute Gasteiger partial charge is 0.255 e. The van der Waals surface area contributed by atoms with E-state index in [1.807, 2.05) is 43.3 Å². The summed E-state index contributed by atoms with van der Waals surface area (Å²) in [6.45, 7) is 6.93. The Labute approximate surface area is 170 Å². The van der Waals surface area contributed by atoms with Gasteiger partial charge in [-0.15, -0.1) is 0 Å². The summed E-state index contributed by atoms with van der Waals surface area (Å²) in [5.41, 5.74) is 3.24. The first-order valence-electron chi connectivity index (χ1n) is 10.1. The number of ether oxygens (including phenoxy) is 2. The van der Waals surface area contributed by atoms with Crippen LogP contribution in [0.1, 0.15) is 51.6 Å². The van der Waals surface area contributed by atoms with Crippen molar-refractivity contribution in [3.05, 3.63) is 64.7 Å². The minimum absolute atomic E-state index is 0.0177. The molecular weight excluding hydrogens is 368 g/mol. The first-order chi connectivity index (χ1) is 14.0. The number of nitrogens with one attached hydrogen (secondary N) is 1. The predicted molar refractivity (Wildman–Crippen MR) is 109 cm³/mol. The molecule has 1 N–H and O–H groups in total. The fourth-order valence-corrected chi connectivity index (χ4v) is 3.76. The summed E-state index contributed by atoms with van der Waals surface area (Å²) in [7, 11) is 0. The molecular formula is C23H26N2O4. The maximum atomic E-state index is 12.7. The summed E-state index contributed by atoms with van der Waals surface area (Å²) in [4.78, 5) is 27.0. The minimum Gasteiger partial charge on any atom is -0.489 e. The van der Waals surface area contributed by atoms with Crippen LogP contribution in [0, 0.1) is 0 Å². The van der Waals surface area contributed by atoms with Crippen LogP contribution in [0.4, 0.5) is 0 Å². The molecule has 2 atom stereocenters. The van der Waals surface area contributed by atoms with E-state index in [-0.39, 0.29) is 23.8 Å². The lowest BCUT2D eigenvalue weighted by molar-refractivity contribution is 0.0303. The number of para-hydroxylation sites is 1. The zero-order valence-corrected chi connectivity index (χ0v) is 16.8. The van der Waals surface area contributed by atoms with Gasteiger partial charge in [-0.1, -0.05) is 31.2 Å². The molecule has 2 aromatic rings. The third-order valence-corrected chi connectivity index (χ3v) is 5.74. The van der Waals surface area contributed by atoms with Crippen molar-refractivity contribution >= 4 is 11.8 Å². The van der Waals surface area contributed by atoms with Crippen LogP contribution in [0.25, 0.3) is 0 Å². The average molecular weight is 394 g/mol. The molecule has 152 valence electrons. The van der Waals surface area contributed by atoms with E-state index in [0.717, 1.165) is 11.1 Å². The number of fused-ring (bicyclic) bond motifs is 1. The molecule has 0 aromatic heterocycles. The molecule has 1 saturated heterocycles. The van der Waals surface area contributed by atoms with Crippen molar-refractivity contribution in [1.29, 1.82) is 0 Å². The van der Waals surface area contributed by atoms with E-state index in [2.05, 4.69) is 12.2 Å². The zero-order valence-electron chi connectivity index (χ0n) is 16.8. The predicted octanol–water partition coefficient (Wildman–Crippen LogP) is 2.97. The first-order valence-corrected chi connectivity index (χ1v) is 10.1. The molecule has 2 aliphatic heterocycles. The van der Waals surface area contributed by atoms with Gasteiger partial charge in [0.15, 0.2) is 0 Å². The Hall–Kier alpha value is -2.86. The van der Waals surface area contributed by atoms with Gasteiger partial charge in [0.05, 0.1) is 18.8 Å². The number of hydrogen-bond acceptors (Lipinski definition) is 4. The Balaban J connectivity index is 1.39. The Morgan fingerprint density at radius 2 is 1.79 bits per heavy atom. The number of nitrogens with zero attached hydrogens (tertiary/aromatic N) is 1.